The Morgan fingerprint density at radius 1 is 1.18 bits per heavy atom. The first kappa shape index (κ1) is 14.8. The highest BCUT2D eigenvalue weighted by molar-refractivity contribution is 6.44. The van der Waals surface area contributed by atoms with Crippen LogP contribution in [0.1, 0.15) is 51.7 Å². The maximum atomic E-state index is 6.49. The van der Waals surface area contributed by atoms with Crippen molar-refractivity contribution in [2.24, 2.45) is 17.3 Å². The lowest BCUT2D eigenvalue weighted by Gasteiger charge is -2.64. The van der Waals surface area contributed by atoms with E-state index >= 15 is 0 Å². The van der Waals surface area contributed by atoms with Crippen LogP contribution in [0.2, 0.25) is 0 Å². The van der Waals surface area contributed by atoms with Crippen molar-refractivity contribution in [2.45, 2.75) is 65.0 Å². The molecule has 1 aromatic carbocycles. The molecule has 118 valence electrons. The van der Waals surface area contributed by atoms with Crippen LogP contribution in [-0.4, -0.2) is 18.8 Å². The van der Waals surface area contributed by atoms with Crippen LogP contribution in [0.15, 0.2) is 24.3 Å². The Bertz CT molecular complexity index is 585. The molecule has 0 aromatic heterocycles. The van der Waals surface area contributed by atoms with Gasteiger partial charge < -0.3 is 9.31 Å². The summed E-state index contributed by atoms with van der Waals surface area (Å²) >= 11 is 0. The van der Waals surface area contributed by atoms with Gasteiger partial charge in [0.1, 0.15) is 0 Å². The van der Waals surface area contributed by atoms with E-state index < -0.39 is 0 Å². The molecule has 4 atom stereocenters. The molecule has 2 nitrogen and oxygen atoms in total. The highest BCUT2D eigenvalue weighted by atomic mass is 16.7. The van der Waals surface area contributed by atoms with Crippen molar-refractivity contribution in [3.8, 4) is 0 Å². The van der Waals surface area contributed by atoms with Gasteiger partial charge in [-0.15, -0.1) is 0 Å². The van der Waals surface area contributed by atoms with Crippen LogP contribution in [-0.2, 0) is 22.0 Å². The molecule has 0 unspecified atom stereocenters. The minimum atomic E-state index is -0.0781. The fourth-order valence-electron chi connectivity index (χ4n) is 5.21. The summed E-state index contributed by atoms with van der Waals surface area (Å²) in [5.74, 6) is 1.47. The maximum Gasteiger partial charge on any atom is 0.462 e. The first-order chi connectivity index (χ1) is 10.4. The average Bonchev–Trinajstić information content (AvgIpc) is 2.82. The number of hydrogen-bond donors (Lipinski definition) is 0. The van der Waals surface area contributed by atoms with Gasteiger partial charge in [-0.05, 0) is 54.6 Å². The topological polar surface area (TPSA) is 18.5 Å². The van der Waals surface area contributed by atoms with E-state index in [1.54, 1.807) is 0 Å². The number of aryl methyl sites for hydroxylation is 1. The van der Waals surface area contributed by atoms with Crippen LogP contribution in [0.3, 0.4) is 0 Å². The van der Waals surface area contributed by atoms with Gasteiger partial charge in [0, 0.05) is 6.32 Å². The monoisotopic (exact) mass is 298 g/mol. The molecule has 1 aliphatic heterocycles. The van der Waals surface area contributed by atoms with Crippen LogP contribution >= 0.6 is 0 Å². The summed E-state index contributed by atoms with van der Waals surface area (Å²) in [5, 5.41) is 0. The summed E-state index contributed by atoms with van der Waals surface area (Å²) in [6.07, 6.45) is 4.74. The zero-order valence-corrected chi connectivity index (χ0v) is 14.3. The van der Waals surface area contributed by atoms with Crippen LogP contribution < -0.4 is 0 Å². The van der Waals surface area contributed by atoms with E-state index in [2.05, 4.69) is 52.0 Å². The largest absolute Gasteiger partial charge is 0.462 e. The van der Waals surface area contributed by atoms with Crippen LogP contribution in [0.4, 0.5) is 0 Å². The third kappa shape index (κ3) is 2.01. The van der Waals surface area contributed by atoms with Crippen LogP contribution in [0, 0.1) is 17.3 Å². The number of rotatable bonds is 3. The molecule has 4 fully saturated rings. The third-order valence-electron chi connectivity index (χ3n) is 6.80. The van der Waals surface area contributed by atoms with Crippen molar-refractivity contribution >= 4 is 7.12 Å². The van der Waals surface area contributed by atoms with E-state index in [9.17, 15) is 0 Å². The summed E-state index contributed by atoms with van der Waals surface area (Å²) in [6, 6.07) is 8.83. The van der Waals surface area contributed by atoms with Crippen LogP contribution in [0.5, 0.6) is 0 Å². The van der Waals surface area contributed by atoms with Gasteiger partial charge in [-0.3, -0.25) is 0 Å². The molecule has 4 aliphatic rings. The third-order valence-corrected chi connectivity index (χ3v) is 6.80. The van der Waals surface area contributed by atoms with Crippen LogP contribution in [0.25, 0.3) is 0 Å². The second-order valence-corrected chi connectivity index (χ2v) is 8.28. The van der Waals surface area contributed by atoms with Crippen molar-refractivity contribution in [3.05, 3.63) is 35.4 Å². The molecule has 1 heterocycles. The smallest absolute Gasteiger partial charge is 0.405 e. The van der Waals surface area contributed by atoms with Crippen molar-refractivity contribution in [3.63, 3.8) is 0 Å². The van der Waals surface area contributed by atoms with Gasteiger partial charge >= 0.3 is 7.12 Å². The molecule has 1 aromatic rings. The molecule has 0 N–H and O–H groups in total. The average molecular weight is 298 g/mol. The molecule has 3 aliphatic carbocycles. The zero-order chi connectivity index (χ0) is 15.5. The molecule has 3 heteroatoms. The van der Waals surface area contributed by atoms with Gasteiger partial charge in [-0.1, -0.05) is 45.0 Å². The minimum absolute atomic E-state index is 0.0720. The lowest BCUT2D eigenvalue weighted by molar-refractivity contribution is -0.199. The highest BCUT2D eigenvalue weighted by Crippen LogP contribution is 2.65. The first-order valence-corrected chi connectivity index (χ1v) is 8.84. The van der Waals surface area contributed by atoms with Crippen molar-refractivity contribution in [1.29, 1.82) is 0 Å². The van der Waals surface area contributed by atoms with E-state index in [0.717, 1.165) is 18.7 Å². The fourth-order valence-corrected chi connectivity index (χ4v) is 5.21. The molecule has 22 heavy (non-hydrogen) atoms. The molecule has 3 saturated carbocycles. The van der Waals surface area contributed by atoms with E-state index in [0.29, 0.717) is 17.4 Å². The van der Waals surface area contributed by atoms with Gasteiger partial charge in [0.05, 0.1) is 11.7 Å². The van der Waals surface area contributed by atoms with Crippen molar-refractivity contribution in [2.75, 3.05) is 0 Å². The van der Waals surface area contributed by atoms with Gasteiger partial charge in [-0.2, -0.15) is 0 Å². The SMILES string of the molecule is CCc1cccc(CB2O[C@@H]3C[C@@H]4C[C@@H](C4(C)C)[C@]3(C)O2)c1. The van der Waals surface area contributed by atoms with E-state index in [4.69, 9.17) is 9.31 Å². The first-order valence-electron chi connectivity index (χ1n) is 8.84. The number of benzene rings is 1. The van der Waals surface area contributed by atoms with E-state index in [-0.39, 0.29) is 12.7 Å². The Morgan fingerprint density at radius 2 is 1.95 bits per heavy atom. The Hall–Kier alpha value is -0.795. The molecular formula is C19H27BO2. The lowest BCUT2D eigenvalue weighted by atomic mass is 9.43. The molecule has 0 spiro atoms. The zero-order valence-electron chi connectivity index (χ0n) is 14.3. The van der Waals surface area contributed by atoms with Crippen molar-refractivity contribution < 1.29 is 9.31 Å². The molecule has 0 amide bonds. The molecule has 0 radical (unpaired) electrons. The Morgan fingerprint density at radius 3 is 2.68 bits per heavy atom. The Kier molecular flexibility index (Phi) is 3.26. The summed E-state index contributed by atoms with van der Waals surface area (Å²) in [5.41, 5.74) is 3.07. The molecule has 1 saturated heterocycles. The number of hydrogen-bond acceptors (Lipinski definition) is 2. The van der Waals surface area contributed by atoms with E-state index in [1.165, 1.54) is 24.0 Å². The summed E-state index contributed by atoms with van der Waals surface area (Å²) in [6.45, 7) is 9.32. The Balaban J connectivity index is 1.50. The highest BCUT2D eigenvalue weighted by Gasteiger charge is 2.67. The normalized spacial score (nSPS) is 38.5. The Labute approximate surface area is 134 Å². The summed E-state index contributed by atoms with van der Waals surface area (Å²) < 4.78 is 12.8. The van der Waals surface area contributed by atoms with E-state index in [1.807, 2.05) is 0 Å². The van der Waals surface area contributed by atoms with Gasteiger partial charge in [-0.25, -0.2) is 0 Å². The second-order valence-electron chi connectivity index (χ2n) is 8.28. The molecular weight excluding hydrogens is 271 g/mol. The van der Waals surface area contributed by atoms with Gasteiger partial charge in [0.25, 0.3) is 0 Å². The summed E-state index contributed by atoms with van der Waals surface area (Å²) in [7, 11) is -0.0720. The minimum Gasteiger partial charge on any atom is -0.405 e. The lowest BCUT2D eigenvalue weighted by Crippen LogP contribution is -2.65. The van der Waals surface area contributed by atoms with Crippen molar-refractivity contribution in [1.82, 2.24) is 0 Å². The molecule has 5 rings (SSSR count). The van der Waals surface area contributed by atoms with Gasteiger partial charge in [0.2, 0.25) is 0 Å². The quantitative estimate of drug-likeness (QED) is 0.784. The maximum absolute atomic E-state index is 6.49. The molecule has 2 bridgehead atoms. The fraction of sp³-hybridized carbons (Fsp3) is 0.684. The predicted molar refractivity (Wildman–Crippen MR) is 89.6 cm³/mol. The second kappa shape index (κ2) is 4.85. The standard InChI is InChI=1S/C19H27BO2/c1-5-13-7-6-8-14(9-13)12-20-21-17-11-15-10-16(18(15,2)3)19(17,4)22-20/h6-9,15-17H,5,10-12H2,1-4H3/t15-,16-,17+,19-/m0/s1. The van der Waals surface area contributed by atoms with Gasteiger partial charge in [0.15, 0.2) is 0 Å². The predicted octanol–water partition coefficient (Wildman–Crippen LogP) is 4.06. The summed E-state index contributed by atoms with van der Waals surface area (Å²) in [4.78, 5) is 0.